The lowest BCUT2D eigenvalue weighted by Gasteiger charge is -2.35. The first-order valence-electron chi connectivity index (χ1n) is 6.16. The second-order valence-corrected chi connectivity index (χ2v) is 5.73. The van der Waals surface area contributed by atoms with Crippen molar-refractivity contribution in [2.45, 2.75) is 33.7 Å². The number of nitrogens with zero attached hydrogens (tertiary/aromatic N) is 1. The molecule has 15 heavy (non-hydrogen) atoms. The molecule has 0 aliphatic carbocycles. The molecule has 1 rings (SSSR count). The molecule has 3 nitrogen and oxygen atoms in total. The summed E-state index contributed by atoms with van der Waals surface area (Å²) in [4.78, 5) is 2.57. The maximum atomic E-state index is 3.53. The Morgan fingerprint density at radius 3 is 2.40 bits per heavy atom. The molecule has 0 amide bonds. The molecule has 0 saturated carbocycles. The second-order valence-electron chi connectivity index (χ2n) is 5.73. The van der Waals surface area contributed by atoms with Crippen molar-refractivity contribution < 1.29 is 0 Å². The molecule has 0 aromatic carbocycles. The normalized spacial score (nSPS) is 19.8. The van der Waals surface area contributed by atoms with Crippen molar-refractivity contribution >= 4 is 0 Å². The highest BCUT2D eigenvalue weighted by Crippen LogP contribution is 2.16. The molecular formula is C12H27N3. The van der Waals surface area contributed by atoms with Gasteiger partial charge in [0, 0.05) is 45.3 Å². The van der Waals surface area contributed by atoms with Gasteiger partial charge in [-0.05, 0) is 5.41 Å². The molecule has 90 valence electrons. The zero-order valence-corrected chi connectivity index (χ0v) is 10.8. The van der Waals surface area contributed by atoms with Gasteiger partial charge in [-0.1, -0.05) is 27.7 Å². The molecule has 0 radical (unpaired) electrons. The highest BCUT2D eigenvalue weighted by molar-refractivity contribution is 4.79. The quantitative estimate of drug-likeness (QED) is 0.711. The van der Waals surface area contributed by atoms with Crippen LogP contribution in [-0.2, 0) is 0 Å². The van der Waals surface area contributed by atoms with Crippen molar-refractivity contribution in [3.05, 3.63) is 0 Å². The Labute approximate surface area is 94.6 Å². The van der Waals surface area contributed by atoms with E-state index in [1.54, 1.807) is 0 Å². The van der Waals surface area contributed by atoms with E-state index in [-0.39, 0.29) is 0 Å². The van der Waals surface area contributed by atoms with Crippen molar-refractivity contribution in [1.29, 1.82) is 0 Å². The number of rotatable bonds is 5. The summed E-state index contributed by atoms with van der Waals surface area (Å²) in [5.41, 5.74) is 0.377. The molecule has 1 aliphatic rings. The van der Waals surface area contributed by atoms with Crippen molar-refractivity contribution in [2.75, 3.05) is 39.3 Å². The number of nitrogens with one attached hydrogen (secondary N) is 2. The molecule has 1 heterocycles. The molecule has 0 aromatic rings. The predicted octanol–water partition coefficient (Wildman–Crippen LogP) is 0.916. The highest BCUT2D eigenvalue weighted by Gasteiger charge is 2.22. The van der Waals surface area contributed by atoms with Gasteiger partial charge in [0.15, 0.2) is 0 Å². The molecule has 1 fully saturated rings. The SMILES string of the molecule is CC(C)NCC(C)(C)CN1CCNCC1. The first kappa shape index (κ1) is 12.9. The molecule has 2 N–H and O–H groups in total. The second kappa shape index (κ2) is 5.83. The van der Waals surface area contributed by atoms with Gasteiger partial charge in [0.1, 0.15) is 0 Å². The Bertz CT molecular complexity index is 172. The molecule has 0 atom stereocenters. The van der Waals surface area contributed by atoms with Gasteiger partial charge < -0.3 is 15.5 Å². The number of hydrogen-bond acceptors (Lipinski definition) is 3. The maximum Gasteiger partial charge on any atom is 0.0108 e. The minimum absolute atomic E-state index is 0.377. The smallest absolute Gasteiger partial charge is 0.0108 e. The Balaban J connectivity index is 2.26. The molecule has 0 aromatic heterocycles. The Morgan fingerprint density at radius 1 is 1.27 bits per heavy atom. The number of piperazine rings is 1. The third-order valence-corrected chi connectivity index (χ3v) is 2.85. The first-order chi connectivity index (χ1) is 6.99. The van der Waals surface area contributed by atoms with E-state index in [2.05, 4.69) is 43.2 Å². The summed E-state index contributed by atoms with van der Waals surface area (Å²) < 4.78 is 0. The molecule has 1 aliphatic heterocycles. The van der Waals surface area contributed by atoms with Crippen LogP contribution < -0.4 is 10.6 Å². The zero-order chi connectivity index (χ0) is 11.3. The summed E-state index contributed by atoms with van der Waals surface area (Å²) in [6, 6.07) is 0.590. The van der Waals surface area contributed by atoms with E-state index in [1.807, 2.05) is 0 Å². The van der Waals surface area contributed by atoms with Crippen LogP contribution in [0.25, 0.3) is 0 Å². The van der Waals surface area contributed by atoms with E-state index in [0.717, 1.165) is 19.6 Å². The Kier molecular flexibility index (Phi) is 5.03. The maximum absolute atomic E-state index is 3.53. The molecular weight excluding hydrogens is 186 g/mol. The van der Waals surface area contributed by atoms with Gasteiger partial charge in [0.2, 0.25) is 0 Å². The van der Waals surface area contributed by atoms with Crippen molar-refractivity contribution in [3.8, 4) is 0 Å². The minimum atomic E-state index is 0.377. The van der Waals surface area contributed by atoms with E-state index in [1.165, 1.54) is 19.6 Å². The summed E-state index contributed by atoms with van der Waals surface area (Å²) in [6.45, 7) is 16.1. The lowest BCUT2D eigenvalue weighted by Crippen LogP contribution is -2.49. The van der Waals surface area contributed by atoms with Gasteiger partial charge in [-0.25, -0.2) is 0 Å². The predicted molar refractivity (Wildman–Crippen MR) is 66.2 cm³/mol. The largest absolute Gasteiger partial charge is 0.314 e. The topological polar surface area (TPSA) is 27.3 Å². The van der Waals surface area contributed by atoms with Crippen molar-refractivity contribution in [3.63, 3.8) is 0 Å². The molecule has 1 saturated heterocycles. The van der Waals surface area contributed by atoms with E-state index >= 15 is 0 Å². The van der Waals surface area contributed by atoms with Crippen LogP contribution in [0, 0.1) is 5.41 Å². The van der Waals surface area contributed by atoms with Crippen LogP contribution >= 0.6 is 0 Å². The fraction of sp³-hybridized carbons (Fsp3) is 1.00. The van der Waals surface area contributed by atoms with Gasteiger partial charge >= 0.3 is 0 Å². The fourth-order valence-electron chi connectivity index (χ4n) is 2.01. The standard InChI is InChI=1S/C12H27N3/c1-11(2)14-9-12(3,4)10-15-7-5-13-6-8-15/h11,13-14H,5-10H2,1-4H3. The third-order valence-electron chi connectivity index (χ3n) is 2.85. The van der Waals surface area contributed by atoms with Crippen LogP contribution in [0.2, 0.25) is 0 Å². The molecule has 0 spiro atoms. The molecule has 0 bridgehead atoms. The van der Waals surface area contributed by atoms with E-state index in [4.69, 9.17) is 0 Å². The highest BCUT2D eigenvalue weighted by atomic mass is 15.2. The van der Waals surface area contributed by atoms with Crippen molar-refractivity contribution in [2.24, 2.45) is 5.41 Å². The molecule has 3 heteroatoms. The van der Waals surface area contributed by atoms with Crippen LogP contribution in [0.15, 0.2) is 0 Å². The summed E-state index contributed by atoms with van der Waals surface area (Å²) in [6.07, 6.45) is 0. The first-order valence-corrected chi connectivity index (χ1v) is 6.16. The Morgan fingerprint density at radius 2 is 1.87 bits per heavy atom. The number of hydrogen-bond donors (Lipinski definition) is 2. The summed E-state index contributed by atoms with van der Waals surface area (Å²) in [7, 11) is 0. The van der Waals surface area contributed by atoms with E-state index < -0.39 is 0 Å². The Hall–Kier alpha value is -0.120. The third kappa shape index (κ3) is 5.50. The summed E-state index contributed by atoms with van der Waals surface area (Å²) >= 11 is 0. The zero-order valence-electron chi connectivity index (χ0n) is 10.8. The fourth-order valence-corrected chi connectivity index (χ4v) is 2.01. The van der Waals surface area contributed by atoms with E-state index in [9.17, 15) is 0 Å². The lowest BCUT2D eigenvalue weighted by atomic mass is 9.92. The van der Waals surface area contributed by atoms with Crippen molar-refractivity contribution in [1.82, 2.24) is 15.5 Å². The van der Waals surface area contributed by atoms with Crippen LogP contribution in [0.3, 0.4) is 0 Å². The monoisotopic (exact) mass is 213 g/mol. The summed E-state index contributed by atoms with van der Waals surface area (Å²) in [5, 5.41) is 6.93. The lowest BCUT2D eigenvalue weighted by molar-refractivity contribution is 0.156. The van der Waals surface area contributed by atoms with Gasteiger partial charge in [-0.15, -0.1) is 0 Å². The molecule has 0 unspecified atom stereocenters. The average Bonchev–Trinajstić information content (AvgIpc) is 2.16. The van der Waals surface area contributed by atoms with Crippen LogP contribution in [0.4, 0.5) is 0 Å². The summed E-state index contributed by atoms with van der Waals surface area (Å²) in [5.74, 6) is 0. The average molecular weight is 213 g/mol. The van der Waals surface area contributed by atoms with Crippen LogP contribution in [0.1, 0.15) is 27.7 Å². The van der Waals surface area contributed by atoms with Crippen LogP contribution in [-0.4, -0.2) is 50.2 Å². The van der Waals surface area contributed by atoms with E-state index in [0.29, 0.717) is 11.5 Å². The van der Waals surface area contributed by atoms with Crippen LogP contribution in [0.5, 0.6) is 0 Å². The van der Waals surface area contributed by atoms with Gasteiger partial charge in [-0.3, -0.25) is 0 Å². The van der Waals surface area contributed by atoms with Gasteiger partial charge in [0.05, 0.1) is 0 Å². The van der Waals surface area contributed by atoms with Gasteiger partial charge in [-0.2, -0.15) is 0 Å². The van der Waals surface area contributed by atoms with Gasteiger partial charge in [0.25, 0.3) is 0 Å². The minimum Gasteiger partial charge on any atom is -0.314 e.